The van der Waals surface area contributed by atoms with Crippen LogP contribution < -0.4 is 16.0 Å². The minimum Gasteiger partial charge on any atom is -0.326 e. The Hall–Kier alpha value is -3.15. The summed E-state index contributed by atoms with van der Waals surface area (Å²) >= 11 is 0. The summed E-state index contributed by atoms with van der Waals surface area (Å²) in [5.41, 5.74) is 3.58. The number of amides is 3. The van der Waals surface area contributed by atoms with Crippen molar-refractivity contribution in [2.75, 3.05) is 16.0 Å². The Morgan fingerprint density at radius 3 is 2.29 bits per heavy atom. The number of carbonyl (C=O) groups excluding carboxylic acids is 3. The molecule has 0 spiro atoms. The first kappa shape index (κ1) is 15.7. The number of nitrogens with one attached hydrogen (secondary N) is 3. The second-order valence-corrected chi connectivity index (χ2v) is 5.63. The molecule has 1 heterocycles. The number of fused-ring (bicyclic) bond motifs is 1. The van der Waals surface area contributed by atoms with Crippen LogP contribution >= 0.6 is 0 Å². The van der Waals surface area contributed by atoms with Crippen molar-refractivity contribution in [3.05, 3.63) is 53.6 Å². The molecule has 2 aromatic rings. The first-order valence-electron chi connectivity index (χ1n) is 7.63. The van der Waals surface area contributed by atoms with Crippen molar-refractivity contribution >= 4 is 34.8 Å². The van der Waals surface area contributed by atoms with Gasteiger partial charge in [0.15, 0.2) is 0 Å². The summed E-state index contributed by atoms with van der Waals surface area (Å²) in [6.07, 6.45) is 1.07. The van der Waals surface area contributed by atoms with Crippen LogP contribution in [0.3, 0.4) is 0 Å². The van der Waals surface area contributed by atoms with Crippen LogP contribution in [0.25, 0.3) is 0 Å². The van der Waals surface area contributed by atoms with Crippen LogP contribution in [0.1, 0.15) is 29.3 Å². The molecule has 0 saturated carbocycles. The monoisotopic (exact) mass is 323 g/mol. The van der Waals surface area contributed by atoms with Crippen molar-refractivity contribution in [2.45, 2.75) is 19.8 Å². The molecule has 6 nitrogen and oxygen atoms in total. The second-order valence-electron chi connectivity index (χ2n) is 5.63. The predicted octanol–water partition coefficient (Wildman–Crippen LogP) is 2.78. The van der Waals surface area contributed by atoms with Crippen molar-refractivity contribution in [2.24, 2.45) is 0 Å². The highest BCUT2D eigenvalue weighted by molar-refractivity contribution is 6.05. The van der Waals surface area contributed by atoms with Crippen LogP contribution in [0, 0.1) is 0 Å². The topological polar surface area (TPSA) is 87.3 Å². The summed E-state index contributed by atoms with van der Waals surface area (Å²) in [6, 6.07) is 12.1. The first-order chi connectivity index (χ1) is 11.5. The van der Waals surface area contributed by atoms with Crippen LogP contribution in [0.4, 0.5) is 17.1 Å². The maximum absolute atomic E-state index is 12.4. The Morgan fingerprint density at radius 1 is 0.958 bits per heavy atom. The Bertz CT molecular complexity index is 813. The fourth-order valence-electron chi connectivity index (χ4n) is 2.57. The highest BCUT2D eigenvalue weighted by Crippen LogP contribution is 2.24. The molecule has 3 amide bonds. The molecule has 1 aliphatic heterocycles. The van der Waals surface area contributed by atoms with Gasteiger partial charge in [-0.2, -0.15) is 0 Å². The summed E-state index contributed by atoms with van der Waals surface area (Å²) in [5, 5.41) is 8.28. The molecule has 6 heteroatoms. The van der Waals surface area contributed by atoms with Crippen molar-refractivity contribution in [1.82, 2.24) is 0 Å². The SMILES string of the molecule is CC(=O)Nc1ccc(NC(=O)c2ccc3c(c2)CCC(=O)N3)cc1. The minimum absolute atomic E-state index is 0.000961. The molecule has 0 atom stereocenters. The van der Waals surface area contributed by atoms with Gasteiger partial charge in [0.25, 0.3) is 5.91 Å². The van der Waals surface area contributed by atoms with Gasteiger partial charge < -0.3 is 16.0 Å². The molecule has 24 heavy (non-hydrogen) atoms. The molecule has 0 fully saturated rings. The van der Waals surface area contributed by atoms with Gasteiger partial charge in [-0.25, -0.2) is 0 Å². The fraction of sp³-hybridized carbons (Fsp3) is 0.167. The third-order valence-corrected chi connectivity index (χ3v) is 3.73. The zero-order valence-electron chi connectivity index (χ0n) is 13.2. The molecular formula is C18H17N3O3. The molecular weight excluding hydrogens is 306 g/mol. The molecule has 3 rings (SSSR count). The number of hydrogen-bond acceptors (Lipinski definition) is 3. The molecule has 122 valence electrons. The quantitative estimate of drug-likeness (QED) is 0.811. The van der Waals surface area contributed by atoms with E-state index in [-0.39, 0.29) is 17.7 Å². The van der Waals surface area contributed by atoms with Gasteiger partial charge in [-0.1, -0.05) is 0 Å². The lowest BCUT2D eigenvalue weighted by atomic mass is 10.00. The highest BCUT2D eigenvalue weighted by Gasteiger charge is 2.16. The smallest absolute Gasteiger partial charge is 0.255 e. The predicted molar refractivity (Wildman–Crippen MR) is 92.1 cm³/mol. The Kier molecular flexibility index (Phi) is 4.29. The number of rotatable bonds is 3. The summed E-state index contributed by atoms with van der Waals surface area (Å²) in [4.78, 5) is 34.7. The standard InChI is InChI=1S/C18H17N3O3/c1-11(22)19-14-4-6-15(7-5-14)20-18(24)13-2-8-16-12(10-13)3-9-17(23)21-16/h2,4-8,10H,3,9H2,1H3,(H,19,22)(H,20,24)(H,21,23). The molecule has 0 aliphatic carbocycles. The van der Waals surface area contributed by atoms with Gasteiger partial charge in [-0.05, 0) is 54.4 Å². The molecule has 0 saturated heterocycles. The average molecular weight is 323 g/mol. The normalized spacial score (nSPS) is 12.8. The number of carbonyl (C=O) groups is 3. The number of aryl methyl sites for hydroxylation is 1. The third-order valence-electron chi connectivity index (χ3n) is 3.73. The van der Waals surface area contributed by atoms with E-state index in [0.29, 0.717) is 29.8 Å². The summed E-state index contributed by atoms with van der Waals surface area (Å²) < 4.78 is 0. The van der Waals surface area contributed by atoms with Crippen LogP contribution in [-0.2, 0) is 16.0 Å². The molecule has 2 aromatic carbocycles. The maximum Gasteiger partial charge on any atom is 0.255 e. The van der Waals surface area contributed by atoms with E-state index in [1.807, 2.05) is 0 Å². The average Bonchev–Trinajstić information content (AvgIpc) is 2.55. The van der Waals surface area contributed by atoms with Gasteiger partial charge >= 0.3 is 0 Å². The van der Waals surface area contributed by atoms with Gasteiger partial charge in [-0.3, -0.25) is 14.4 Å². The number of hydrogen-bond donors (Lipinski definition) is 3. The molecule has 0 radical (unpaired) electrons. The third kappa shape index (κ3) is 3.60. The summed E-state index contributed by atoms with van der Waals surface area (Å²) in [6.45, 7) is 1.44. The van der Waals surface area contributed by atoms with Crippen molar-refractivity contribution in [3.8, 4) is 0 Å². The summed E-state index contributed by atoms with van der Waals surface area (Å²) in [5.74, 6) is -0.367. The summed E-state index contributed by atoms with van der Waals surface area (Å²) in [7, 11) is 0. The van der Waals surface area contributed by atoms with E-state index in [2.05, 4.69) is 16.0 Å². The second kappa shape index (κ2) is 6.54. The van der Waals surface area contributed by atoms with Crippen molar-refractivity contribution in [3.63, 3.8) is 0 Å². The van der Waals surface area contributed by atoms with Crippen molar-refractivity contribution in [1.29, 1.82) is 0 Å². The molecule has 0 aromatic heterocycles. The van der Waals surface area contributed by atoms with Gasteiger partial charge in [0.05, 0.1) is 0 Å². The van der Waals surface area contributed by atoms with Crippen LogP contribution in [0.2, 0.25) is 0 Å². The van der Waals surface area contributed by atoms with E-state index >= 15 is 0 Å². The van der Waals surface area contributed by atoms with Gasteiger partial charge in [-0.15, -0.1) is 0 Å². The van der Waals surface area contributed by atoms with E-state index < -0.39 is 0 Å². The van der Waals surface area contributed by atoms with Gasteiger partial charge in [0.1, 0.15) is 0 Å². The maximum atomic E-state index is 12.4. The largest absolute Gasteiger partial charge is 0.326 e. The van der Waals surface area contributed by atoms with Gasteiger partial charge in [0, 0.05) is 36.0 Å². The Morgan fingerprint density at radius 2 is 1.62 bits per heavy atom. The van der Waals surface area contributed by atoms with Crippen molar-refractivity contribution < 1.29 is 14.4 Å². The van der Waals surface area contributed by atoms with E-state index in [9.17, 15) is 14.4 Å². The lowest BCUT2D eigenvalue weighted by molar-refractivity contribution is -0.116. The van der Waals surface area contributed by atoms with E-state index in [0.717, 1.165) is 11.3 Å². The van der Waals surface area contributed by atoms with Crippen LogP contribution in [-0.4, -0.2) is 17.7 Å². The molecule has 1 aliphatic rings. The zero-order chi connectivity index (χ0) is 17.1. The van der Waals surface area contributed by atoms with E-state index in [1.54, 1.807) is 42.5 Å². The van der Waals surface area contributed by atoms with Crippen LogP contribution in [0.15, 0.2) is 42.5 Å². The fourth-order valence-corrected chi connectivity index (χ4v) is 2.57. The van der Waals surface area contributed by atoms with Gasteiger partial charge in [0.2, 0.25) is 11.8 Å². The number of benzene rings is 2. The molecule has 0 bridgehead atoms. The lowest BCUT2D eigenvalue weighted by Crippen LogP contribution is -2.20. The zero-order valence-corrected chi connectivity index (χ0v) is 13.2. The Labute approximate surface area is 139 Å². The molecule has 0 unspecified atom stereocenters. The minimum atomic E-state index is -0.220. The van der Waals surface area contributed by atoms with Crippen LogP contribution in [0.5, 0.6) is 0 Å². The molecule has 3 N–H and O–H groups in total. The highest BCUT2D eigenvalue weighted by atomic mass is 16.2. The number of anilines is 3. The van der Waals surface area contributed by atoms with E-state index in [4.69, 9.17) is 0 Å². The lowest BCUT2D eigenvalue weighted by Gasteiger charge is -2.17. The first-order valence-corrected chi connectivity index (χ1v) is 7.63. The Balaban J connectivity index is 1.71. The van der Waals surface area contributed by atoms with E-state index in [1.165, 1.54) is 6.92 Å².